The molecule has 0 saturated carbocycles. The zero-order chi connectivity index (χ0) is 13.9. The van der Waals surface area contributed by atoms with E-state index in [2.05, 4.69) is 17.9 Å². The summed E-state index contributed by atoms with van der Waals surface area (Å²) < 4.78 is 10.6. The quantitative estimate of drug-likeness (QED) is 0.521. The molecule has 0 radical (unpaired) electrons. The van der Waals surface area contributed by atoms with Crippen LogP contribution in [0.25, 0.3) is 0 Å². The Bertz CT molecular complexity index is 345. The van der Waals surface area contributed by atoms with Crippen LogP contribution < -0.4 is 5.73 Å². The van der Waals surface area contributed by atoms with E-state index in [-0.39, 0.29) is 0 Å². The normalized spacial score (nSPS) is 11.1. The molecule has 19 heavy (non-hydrogen) atoms. The van der Waals surface area contributed by atoms with Crippen LogP contribution in [-0.4, -0.2) is 44.9 Å². The van der Waals surface area contributed by atoms with Crippen LogP contribution >= 0.6 is 0 Å². The molecule has 4 heteroatoms. The highest BCUT2D eigenvalue weighted by molar-refractivity contribution is 5.40. The number of benzene rings is 1. The molecule has 0 amide bonds. The third-order valence-electron chi connectivity index (χ3n) is 2.99. The summed E-state index contributed by atoms with van der Waals surface area (Å²) in [4.78, 5) is 2.35. The van der Waals surface area contributed by atoms with Crippen LogP contribution in [0.15, 0.2) is 24.3 Å². The maximum absolute atomic E-state index is 5.79. The number of nitrogen functional groups attached to an aromatic ring is 1. The number of likely N-dealkylation sites (N-methyl/N-ethyl adjacent to an activating group) is 1. The van der Waals surface area contributed by atoms with Gasteiger partial charge in [-0.15, -0.1) is 0 Å². The fourth-order valence-corrected chi connectivity index (χ4v) is 1.90. The number of methoxy groups -OCH3 is 1. The topological polar surface area (TPSA) is 47.7 Å². The fraction of sp³-hybridized carbons (Fsp3) is 0.600. The number of anilines is 1. The molecule has 0 aromatic heterocycles. The van der Waals surface area contributed by atoms with Crippen molar-refractivity contribution in [3.63, 3.8) is 0 Å². The third kappa shape index (κ3) is 7.15. The highest BCUT2D eigenvalue weighted by Gasteiger charge is 2.03. The van der Waals surface area contributed by atoms with E-state index in [1.54, 1.807) is 7.11 Å². The molecule has 0 aliphatic rings. The van der Waals surface area contributed by atoms with Gasteiger partial charge in [0.2, 0.25) is 0 Å². The Balaban J connectivity index is 2.22. The van der Waals surface area contributed by atoms with E-state index < -0.39 is 0 Å². The zero-order valence-electron chi connectivity index (χ0n) is 12.1. The van der Waals surface area contributed by atoms with Gasteiger partial charge in [-0.25, -0.2) is 0 Å². The van der Waals surface area contributed by atoms with Gasteiger partial charge in [0.05, 0.1) is 6.61 Å². The highest BCUT2D eigenvalue weighted by atomic mass is 16.5. The van der Waals surface area contributed by atoms with Gasteiger partial charge in [0.25, 0.3) is 0 Å². The van der Waals surface area contributed by atoms with Crippen molar-refractivity contribution in [2.24, 2.45) is 0 Å². The first-order valence-corrected chi connectivity index (χ1v) is 6.89. The fourth-order valence-electron chi connectivity index (χ4n) is 1.90. The van der Waals surface area contributed by atoms with Crippen molar-refractivity contribution in [3.8, 4) is 0 Å². The number of nitrogens with zero attached hydrogens (tertiary/aromatic N) is 1. The van der Waals surface area contributed by atoms with Crippen molar-refractivity contribution in [2.75, 3.05) is 45.8 Å². The lowest BCUT2D eigenvalue weighted by Crippen LogP contribution is -2.27. The Labute approximate surface area is 116 Å². The maximum atomic E-state index is 5.79. The summed E-state index contributed by atoms with van der Waals surface area (Å²) in [5.74, 6) is 0. The van der Waals surface area contributed by atoms with E-state index in [0.717, 1.165) is 51.6 Å². The van der Waals surface area contributed by atoms with Crippen LogP contribution in [0.3, 0.4) is 0 Å². The molecule has 0 aliphatic heterocycles. The Kier molecular flexibility index (Phi) is 8.21. The Morgan fingerprint density at radius 2 is 2.05 bits per heavy atom. The number of rotatable bonds is 10. The first kappa shape index (κ1) is 16.0. The Morgan fingerprint density at radius 3 is 2.74 bits per heavy atom. The highest BCUT2D eigenvalue weighted by Crippen LogP contribution is 2.09. The third-order valence-corrected chi connectivity index (χ3v) is 2.99. The van der Waals surface area contributed by atoms with Gasteiger partial charge in [-0.1, -0.05) is 19.1 Å². The predicted octanol–water partition coefficient (Wildman–Crippen LogP) is 2.14. The van der Waals surface area contributed by atoms with E-state index in [9.17, 15) is 0 Å². The molecule has 1 rings (SSSR count). The van der Waals surface area contributed by atoms with Gasteiger partial charge in [-0.2, -0.15) is 0 Å². The van der Waals surface area contributed by atoms with Gasteiger partial charge >= 0.3 is 0 Å². The molecule has 0 unspecified atom stereocenters. The van der Waals surface area contributed by atoms with Gasteiger partial charge in [0.1, 0.15) is 0 Å². The van der Waals surface area contributed by atoms with E-state index in [1.165, 1.54) is 5.56 Å². The van der Waals surface area contributed by atoms with Gasteiger partial charge < -0.3 is 15.2 Å². The summed E-state index contributed by atoms with van der Waals surface area (Å²) in [5, 5.41) is 0. The van der Waals surface area contributed by atoms with Crippen LogP contribution in [0.5, 0.6) is 0 Å². The first-order chi connectivity index (χ1) is 9.26. The molecule has 0 fully saturated rings. The van der Waals surface area contributed by atoms with Gasteiger partial charge in [-0.3, -0.25) is 4.90 Å². The van der Waals surface area contributed by atoms with Crippen molar-refractivity contribution in [1.29, 1.82) is 0 Å². The number of ether oxygens (including phenoxy) is 2. The molecule has 1 aromatic carbocycles. The molecule has 0 saturated heterocycles. The lowest BCUT2D eigenvalue weighted by atomic mass is 10.2. The van der Waals surface area contributed by atoms with Crippen LogP contribution in [-0.2, 0) is 16.0 Å². The molecule has 0 heterocycles. The summed E-state index contributed by atoms with van der Waals surface area (Å²) in [6, 6.07) is 8.05. The molecule has 0 spiro atoms. The molecular weight excluding hydrogens is 240 g/mol. The summed E-state index contributed by atoms with van der Waals surface area (Å²) in [5.41, 5.74) is 7.86. The van der Waals surface area contributed by atoms with Crippen molar-refractivity contribution >= 4 is 5.69 Å². The molecule has 108 valence electrons. The summed E-state index contributed by atoms with van der Waals surface area (Å²) >= 11 is 0. The SMILES string of the molecule is CCN(CCOCCCOC)Cc1cccc(N)c1. The summed E-state index contributed by atoms with van der Waals surface area (Å²) in [6.45, 7) is 7.33. The maximum Gasteiger partial charge on any atom is 0.0593 e. The number of hydrogen-bond acceptors (Lipinski definition) is 4. The second-order valence-corrected chi connectivity index (χ2v) is 4.57. The van der Waals surface area contributed by atoms with Gasteiger partial charge in [0, 0.05) is 39.1 Å². The van der Waals surface area contributed by atoms with Gasteiger partial charge in [0.15, 0.2) is 0 Å². The monoisotopic (exact) mass is 266 g/mol. The second-order valence-electron chi connectivity index (χ2n) is 4.57. The molecule has 0 atom stereocenters. The van der Waals surface area contributed by atoms with E-state index in [0.29, 0.717) is 0 Å². The number of hydrogen-bond donors (Lipinski definition) is 1. The van der Waals surface area contributed by atoms with Crippen LogP contribution in [0.4, 0.5) is 5.69 Å². The van der Waals surface area contributed by atoms with E-state index >= 15 is 0 Å². The van der Waals surface area contributed by atoms with E-state index in [4.69, 9.17) is 15.2 Å². The smallest absolute Gasteiger partial charge is 0.0593 e. The van der Waals surface area contributed by atoms with E-state index in [1.807, 2.05) is 18.2 Å². The number of nitrogens with two attached hydrogens (primary N) is 1. The molecule has 4 nitrogen and oxygen atoms in total. The molecule has 0 bridgehead atoms. The van der Waals surface area contributed by atoms with Crippen molar-refractivity contribution < 1.29 is 9.47 Å². The van der Waals surface area contributed by atoms with Gasteiger partial charge in [-0.05, 0) is 30.7 Å². The second kappa shape index (κ2) is 9.78. The van der Waals surface area contributed by atoms with Crippen molar-refractivity contribution in [3.05, 3.63) is 29.8 Å². The van der Waals surface area contributed by atoms with Crippen LogP contribution in [0.1, 0.15) is 18.9 Å². The molecular formula is C15H26N2O2. The predicted molar refractivity (Wildman–Crippen MR) is 79.1 cm³/mol. The van der Waals surface area contributed by atoms with Crippen molar-refractivity contribution in [1.82, 2.24) is 4.90 Å². The average Bonchev–Trinajstić information content (AvgIpc) is 2.41. The lowest BCUT2D eigenvalue weighted by molar-refractivity contribution is 0.0833. The molecule has 1 aromatic rings. The first-order valence-electron chi connectivity index (χ1n) is 6.89. The molecule has 2 N–H and O–H groups in total. The molecule has 0 aliphatic carbocycles. The minimum absolute atomic E-state index is 0.764. The zero-order valence-corrected chi connectivity index (χ0v) is 12.1. The standard InChI is InChI=1S/C15H26N2O2/c1-3-17(8-11-19-10-5-9-18-2)13-14-6-4-7-15(16)12-14/h4,6-7,12H,3,5,8-11,13,16H2,1-2H3. The summed E-state index contributed by atoms with van der Waals surface area (Å²) in [7, 11) is 1.71. The summed E-state index contributed by atoms with van der Waals surface area (Å²) in [6.07, 6.45) is 0.956. The van der Waals surface area contributed by atoms with Crippen LogP contribution in [0.2, 0.25) is 0 Å². The average molecular weight is 266 g/mol. The minimum atomic E-state index is 0.764. The van der Waals surface area contributed by atoms with Crippen LogP contribution in [0, 0.1) is 0 Å². The lowest BCUT2D eigenvalue weighted by Gasteiger charge is -2.20. The minimum Gasteiger partial charge on any atom is -0.399 e. The Morgan fingerprint density at radius 1 is 1.21 bits per heavy atom. The largest absolute Gasteiger partial charge is 0.399 e. The Hall–Kier alpha value is -1.10. The van der Waals surface area contributed by atoms with Crippen molar-refractivity contribution in [2.45, 2.75) is 19.9 Å².